The average molecular weight is 241 g/mol. The smallest absolute Gasteiger partial charge is 0.231 e. The van der Waals surface area contributed by atoms with E-state index in [1.807, 2.05) is 19.9 Å². The molecule has 16 heavy (non-hydrogen) atoms. The van der Waals surface area contributed by atoms with E-state index in [9.17, 15) is 4.79 Å². The van der Waals surface area contributed by atoms with Crippen LogP contribution in [0.15, 0.2) is 6.07 Å². The molecule has 4 heteroatoms. The summed E-state index contributed by atoms with van der Waals surface area (Å²) in [6, 6.07) is 1.91. The van der Waals surface area contributed by atoms with Crippen LogP contribution in [0.5, 0.6) is 11.5 Å². The Morgan fingerprint density at radius 3 is 3.00 bits per heavy atom. The van der Waals surface area contributed by atoms with E-state index in [1.165, 1.54) is 0 Å². The topological polar surface area (TPSA) is 35.5 Å². The van der Waals surface area contributed by atoms with Crippen molar-refractivity contribution in [3.8, 4) is 11.5 Å². The number of aldehydes is 1. The minimum Gasteiger partial charge on any atom is -0.454 e. The van der Waals surface area contributed by atoms with Gasteiger partial charge in [0.05, 0.1) is 5.02 Å². The zero-order valence-electron chi connectivity index (χ0n) is 9.25. The first-order valence-corrected chi connectivity index (χ1v) is 5.55. The molecule has 0 saturated carbocycles. The SMILES string of the molecule is Cc1c(C(C)CC=O)cc2c(c1Cl)OCO2. The van der Waals surface area contributed by atoms with Gasteiger partial charge in [-0.2, -0.15) is 0 Å². The summed E-state index contributed by atoms with van der Waals surface area (Å²) in [5.41, 5.74) is 2.00. The largest absolute Gasteiger partial charge is 0.454 e. The van der Waals surface area contributed by atoms with Gasteiger partial charge in [-0.25, -0.2) is 0 Å². The summed E-state index contributed by atoms with van der Waals surface area (Å²) in [6.07, 6.45) is 1.40. The lowest BCUT2D eigenvalue weighted by molar-refractivity contribution is -0.108. The van der Waals surface area contributed by atoms with Crippen LogP contribution in [0.2, 0.25) is 5.02 Å². The molecule has 1 heterocycles. The molecular formula is C12H13ClO3. The van der Waals surface area contributed by atoms with Crippen LogP contribution < -0.4 is 9.47 Å². The van der Waals surface area contributed by atoms with Crippen LogP contribution in [0.1, 0.15) is 30.4 Å². The second-order valence-electron chi connectivity index (χ2n) is 3.94. The van der Waals surface area contributed by atoms with Gasteiger partial charge in [-0.15, -0.1) is 0 Å². The van der Waals surface area contributed by atoms with Crippen LogP contribution in [0, 0.1) is 6.92 Å². The van der Waals surface area contributed by atoms with E-state index in [1.54, 1.807) is 0 Å². The third kappa shape index (κ3) is 1.76. The lowest BCUT2D eigenvalue weighted by Gasteiger charge is -2.14. The lowest BCUT2D eigenvalue weighted by atomic mass is 9.93. The second kappa shape index (κ2) is 4.34. The van der Waals surface area contributed by atoms with E-state index in [-0.39, 0.29) is 12.7 Å². The fourth-order valence-corrected chi connectivity index (χ4v) is 2.15. The summed E-state index contributed by atoms with van der Waals surface area (Å²) in [6.45, 7) is 4.14. The second-order valence-corrected chi connectivity index (χ2v) is 4.32. The summed E-state index contributed by atoms with van der Waals surface area (Å²) in [5, 5.41) is 0.586. The Labute approximate surface area is 99.3 Å². The maximum Gasteiger partial charge on any atom is 0.231 e. The molecule has 1 unspecified atom stereocenters. The molecule has 0 fully saturated rings. The number of carbonyl (C=O) groups excluding carboxylic acids is 1. The molecule has 0 N–H and O–H groups in total. The van der Waals surface area contributed by atoms with Gasteiger partial charge in [-0.05, 0) is 30.0 Å². The molecule has 86 valence electrons. The highest BCUT2D eigenvalue weighted by Crippen LogP contribution is 2.44. The van der Waals surface area contributed by atoms with Crippen molar-refractivity contribution in [2.45, 2.75) is 26.2 Å². The molecular weight excluding hydrogens is 228 g/mol. The number of rotatable bonds is 3. The first kappa shape index (κ1) is 11.3. The molecule has 1 aromatic rings. The van der Waals surface area contributed by atoms with E-state index in [0.29, 0.717) is 22.9 Å². The fourth-order valence-electron chi connectivity index (χ4n) is 1.90. The molecule has 1 aliphatic rings. The van der Waals surface area contributed by atoms with Crippen molar-refractivity contribution >= 4 is 17.9 Å². The molecule has 2 rings (SSSR count). The zero-order chi connectivity index (χ0) is 11.7. The Bertz CT molecular complexity index is 429. The normalized spacial score (nSPS) is 14.9. The van der Waals surface area contributed by atoms with E-state index in [0.717, 1.165) is 17.4 Å². The van der Waals surface area contributed by atoms with Crippen LogP contribution in [-0.2, 0) is 4.79 Å². The minimum absolute atomic E-state index is 0.143. The zero-order valence-corrected chi connectivity index (χ0v) is 10.0. The van der Waals surface area contributed by atoms with Gasteiger partial charge in [0.15, 0.2) is 11.5 Å². The van der Waals surface area contributed by atoms with E-state index >= 15 is 0 Å². The summed E-state index contributed by atoms with van der Waals surface area (Å²) in [4.78, 5) is 10.5. The van der Waals surface area contributed by atoms with Crippen molar-refractivity contribution in [3.63, 3.8) is 0 Å². The molecule has 1 atom stereocenters. The fraction of sp³-hybridized carbons (Fsp3) is 0.417. The number of hydrogen-bond acceptors (Lipinski definition) is 3. The number of benzene rings is 1. The summed E-state index contributed by atoms with van der Waals surface area (Å²) in [5.74, 6) is 1.43. The van der Waals surface area contributed by atoms with Gasteiger partial charge in [0.2, 0.25) is 6.79 Å². The number of fused-ring (bicyclic) bond motifs is 1. The summed E-state index contributed by atoms with van der Waals surface area (Å²) >= 11 is 6.19. The van der Waals surface area contributed by atoms with Crippen molar-refractivity contribution in [3.05, 3.63) is 22.2 Å². The van der Waals surface area contributed by atoms with Crippen molar-refractivity contribution in [1.29, 1.82) is 0 Å². The number of carbonyl (C=O) groups is 1. The van der Waals surface area contributed by atoms with Crippen molar-refractivity contribution < 1.29 is 14.3 Å². The Kier molecular flexibility index (Phi) is 3.06. The molecule has 0 amide bonds. The van der Waals surface area contributed by atoms with Crippen molar-refractivity contribution in [1.82, 2.24) is 0 Å². The maximum atomic E-state index is 10.5. The first-order chi connectivity index (χ1) is 7.65. The summed E-state index contributed by atoms with van der Waals surface area (Å²) < 4.78 is 10.6. The predicted octanol–water partition coefficient (Wildman–Crippen LogP) is 3.07. The molecule has 1 aromatic carbocycles. The number of hydrogen-bond donors (Lipinski definition) is 0. The minimum atomic E-state index is 0.143. The average Bonchev–Trinajstić information content (AvgIpc) is 2.71. The molecule has 0 aromatic heterocycles. The van der Waals surface area contributed by atoms with Crippen LogP contribution in [0.4, 0.5) is 0 Å². The van der Waals surface area contributed by atoms with Crippen LogP contribution in [0.3, 0.4) is 0 Å². The van der Waals surface area contributed by atoms with E-state index in [2.05, 4.69) is 0 Å². The Balaban J connectivity index is 2.47. The van der Waals surface area contributed by atoms with Gasteiger partial charge in [0.1, 0.15) is 6.29 Å². The Morgan fingerprint density at radius 1 is 1.56 bits per heavy atom. The van der Waals surface area contributed by atoms with Crippen LogP contribution >= 0.6 is 11.6 Å². The monoisotopic (exact) mass is 240 g/mol. The molecule has 0 radical (unpaired) electrons. The van der Waals surface area contributed by atoms with Crippen LogP contribution in [-0.4, -0.2) is 13.1 Å². The third-order valence-electron chi connectivity index (χ3n) is 2.87. The standard InChI is InChI=1S/C12H13ClO3/c1-7(3-4-14)9-5-10-12(16-6-15-10)11(13)8(9)2/h4-5,7H,3,6H2,1-2H3. The molecule has 0 bridgehead atoms. The number of ether oxygens (including phenoxy) is 2. The predicted molar refractivity (Wildman–Crippen MR) is 61.4 cm³/mol. The Hall–Kier alpha value is -1.22. The van der Waals surface area contributed by atoms with Gasteiger partial charge >= 0.3 is 0 Å². The van der Waals surface area contributed by atoms with Gasteiger partial charge in [0.25, 0.3) is 0 Å². The van der Waals surface area contributed by atoms with Crippen molar-refractivity contribution in [2.24, 2.45) is 0 Å². The van der Waals surface area contributed by atoms with E-state index < -0.39 is 0 Å². The van der Waals surface area contributed by atoms with Gasteiger partial charge in [-0.1, -0.05) is 18.5 Å². The number of halogens is 1. The lowest BCUT2D eigenvalue weighted by Crippen LogP contribution is -1.98. The van der Waals surface area contributed by atoms with Gasteiger partial charge in [0, 0.05) is 6.42 Å². The molecule has 0 saturated heterocycles. The highest BCUT2D eigenvalue weighted by molar-refractivity contribution is 6.33. The third-order valence-corrected chi connectivity index (χ3v) is 3.33. The van der Waals surface area contributed by atoms with E-state index in [4.69, 9.17) is 21.1 Å². The van der Waals surface area contributed by atoms with Gasteiger partial charge < -0.3 is 14.3 Å². The molecule has 0 aliphatic carbocycles. The van der Waals surface area contributed by atoms with Crippen LogP contribution in [0.25, 0.3) is 0 Å². The highest BCUT2D eigenvalue weighted by atomic mass is 35.5. The quantitative estimate of drug-likeness (QED) is 0.762. The summed E-state index contributed by atoms with van der Waals surface area (Å²) in [7, 11) is 0. The Morgan fingerprint density at radius 2 is 2.31 bits per heavy atom. The first-order valence-electron chi connectivity index (χ1n) is 5.17. The maximum absolute atomic E-state index is 10.5. The molecule has 1 aliphatic heterocycles. The highest BCUT2D eigenvalue weighted by Gasteiger charge is 2.23. The molecule has 0 spiro atoms. The van der Waals surface area contributed by atoms with Gasteiger partial charge in [-0.3, -0.25) is 0 Å². The molecule has 3 nitrogen and oxygen atoms in total. The van der Waals surface area contributed by atoms with Crippen molar-refractivity contribution in [2.75, 3.05) is 6.79 Å².